The van der Waals surface area contributed by atoms with Gasteiger partial charge in [-0.05, 0) is 0 Å². The zero-order valence-electron chi connectivity index (χ0n) is 7.38. The maximum atomic E-state index is 8.79. The number of aromatic nitrogens is 2. The predicted molar refractivity (Wildman–Crippen MR) is 53.1 cm³/mol. The van der Waals surface area contributed by atoms with Crippen molar-refractivity contribution in [2.75, 3.05) is 5.73 Å². The second kappa shape index (κ2) is 3.23. The summed E-state index contributed by atoms with van der Waals surface area (Å²) in [4.78, 5) is 0. The van der Waals surface area contributed by atoms with Crippen molar-refractivity contribution in [3.63, 3.8) is 0 Å². The fourth-order valence-corrected chi connectivity index (χ4v) is 1.29. The first-order valence-electron chi connectivity index (χ1n) is 4.12. The van der Waals surface area contributed by atoms with Crippen molar-refractivity contribution in [3.8, 4) is 17.5 Å². The largest absolute Gasteiger partial charge is 0.382 e. The summed E-state index contributed by atoms with van der Waals surface area (Å²) in [6.07, 6.45) is 1.94. The van der Waals surface area contributed by atoms with Crippen LogP contribution in [0.5, 0.6) is 0 Å². The molecule has 0 bridgehead atoms. The van der Waals surface area contributed by atoms with Gasteiger partial charge in [0.05, 0.1) is 5.69 Å². The molecule has 0 atom stereocenters. The number of anilines is 1. The van der Waals surface area contributed by atoms with Crippen LogP contribution in [0.4, 0.5) is 5.82 Å². The quantitative estimate of drug-likeness (QED) is 0.729. The molecule has 0 fully saturated rings. The molecule has 2 rings (SSSR count). The van der Waals surface area contributed by atoms with Crippen LogP contribution in [-0.2, 0) is 0 Å². The highest BCUT2D eigenvalue weighted by molar-refractivity contribution is 5.63. The fraction of sp³-hybridized carbons (Fsp3) is 0. The number of nitrogens with two attached hydrogens (primary N) is 1. The van der Waals surface area contributed by atoms with E-state index in [4.69, 9.17) is 11.0 Å². The molecule has 68 valence electrons. The standard InChI is InChI=1S/C10H8N4/c11-7-14-9(6-10(12)13-14)8-4-2-1-3-5-8/h1-6H,(H2,12,13). The molecule has 2 aromatic rings. The Morgan fingerprint density at radius 1 is 1.29 bits per heavy atom. The number of hydrogen-bond acceptors (Lipinski definition) is 3. The summed E-state index contributed by atoms with van der Waals surface area (Å²) in [7, 11) is 0. The minimum Gasteiger partial charge on any atom is -0.382 e. The maximum Gasteiger partial charge on any atom is 0.207 e. The molecule has 0 unspecified atom stereocenters. The lowest BCUT2D eigenvalue weighted by atomic mass is 10.1. The number of benzene rings is 1. The molecule has 0 aliphatic heterocycles. The van der Waals surface area contributed by atoms with Crippen molar-refractivity contribution < 1.29 is 0 Å². The highest BCUT2D eigenvalue weighted by Crippen LogP contribution is 2.20. The van der Waals surface area contributed by atoms with Gasteiger partial charge < -0.3 is 5.73 Å². The highest BCUT2D eigenvalue weighted by Gasteiger charge is 2.06. The first kappa shape index (κ1) is 8.32. The summed E-state index contributed by atoms with van der Waals surface area (Å²) >= 11 is 0. The first-order valence-corrected chi connectivity index (χ1v) is 4.12. The molecule has 1 aromatic carbocycles. The predicted octanol–water partition coefficient (Wildman–Crippen LogP) is 1.46. The minimum atomic E-state index is 0.352. The summed E-state index contributed by atoms with van der Waals surface area (Å²) in [5.74, 6) is 0.352. The van der Waals surface area contributed by atoms with Crippen LogP contribution in [0.1, 0.15) is 0 Å². The van der Waals surface area contributed by atoms with Crippen LogP contribution in [0.3, 0.4) is 0 Å². The Hall–Kier alpha value is -2.28. The zero-order valence-corrected chi connectivity index (χ0v) is 7.38. The molecule has 0 spiro atoms. The number of nitrogen functional groups attached to an aromatic ring is 1. The minimum absolute atomic E-state index is 0.352. The van der Waals surface area contributed by atoms with Crippen LogP contribution in [0.2, 0.25) is 0 Å². The van der Waals surface area contributed by atoms with Gasteiger partial charge in [-0.25, -0.2) is 0 Å². The monoisotopic (exact) mass is 184 g/mol. The summed E-state index contributed by atoms with van der Waals surface area (Å²) in [5.41, 5.74) is 7.15. The van der Waals surface area contributed by atoms with Crippen LogP contribution in [0.25, 0.3) is 11.3 Å². The Bertz CT molecular complexity index is 479. The van der Waals surface area contributed by atoms with E-state index in [1.54, 1.807) is 6.07 Å². The third-order valence-corrected chi connectivity index (χ3v) is 1.89. The molecule has 1 heterocycles. The van der Waals surface area contributed by atoms with Gasteiger partial charge in [-0.1, -0.05) is 30.3 Å². The lowest BCUT2D eigenvalue weighted by molar-refractivity contribution is 0.911. The molecule has 2 N–H and O–H groups in total. The van der Waals surface area contributed by atoms with Gasteiger partial charge in [0, 0.05) is 11.6 Å². The lowest BCUT2D eigenvalue weighted by Crippen LogP contribution is -1.94. The number of nitrogens with zero attached hydrogens (tertiary/aromatic N) is 3. The van der Waals surface area contributed by atoms with Gasteiger partial charge in [-0.3, -0.25) is 0 Å². The fourth-order valence-electron chi connectivity index (χ4n) is 1.29. The van der Waals surface area contributed by atoms with Gasteiger partial charge >= 0.3 is 0 Å². The topological polar surface area (TPSA) is 67.6 Å². The second-order valence-electron chi connectivity index (χ2n) is 2.83. The van der Waals surface area contributed by atoms with Gasteiger partial charge in [0.1, 0.15) is 5.82 Å². The molecule has 0 radical (unpaired) electrons. The Kier molecular flexibility index (Phi) is 1.92. The van der Waals surface area contributed by atoms with Crippen molar-refractivity contribution in [1.29, 1.82) is 5.26 Å². The lowest BCUT2D eigenvalue weighted by Gasteiger charge is -1.97. The van der Waals surface area contributed by atoms with E-state index >= 15 is 0 Å². The summed E-state index contributed by atoms with van der Waals surface area (Å²) in [6, 6.07) is 11.2. The molecular weight excluding hydrogens is 176 g/mol. The van der Waals surface area contributed by atoms with E-state index in [0.29, 0.717) is 11.5 Å². The van der Waals surface area contributed by atoms with Crippen molar-refractivity contribution in [2.24, 2.45) is 0 Å². The number of hydrogen-bond donors (Lipinski definition) is 1. The molecule has 14 heavy (non-hydrogen) atoms. The molecule has 0 saturated carbocycles. The first-order chi connectivity index (χ1) is 6.81. The molecule has 4 nitrogen and oxygen atoms in total. The smallest absolute Gasteiger partial charge is 0.207 e. The van der Waals surface area contributed by atoms with Gasteiger partial charge in [0.25, 0.3) is 0 Å². The van der Waals surface area contributed by atoms with Crippen LogP contribution < -0.4 is 5.73 Å². The SMILES string of the molecule is N#Cn1nc(N)cc1-c1ccccc1. The van der Waals surface area contributed by atoms with Crippen LogP contribution in [-0.4, -0.2) is 9.78 Å². The van der Waals surface area contributed by atoms with Gasteiger partial charge in [-0.15, -0.1) is 5.10 Å². The third-order valence-electron chi connectivity index (χ3n) is 1.89. The van der Waals surface area contributed by atoms with Crippen molar-refractivity contribution in [3.05, 3.63) is 36.4 Å². The second-order valence-corrected chi connectivity index (χ2v) is 2.83. The van der Waals surface area contributed by atoms with E-state index < -0.39 is 0 Å². The van der Waals surface area contributed by atoms with Crippen molar-refractivity contribution in [2.45, 2.75) is 0 Å². The highest BCUT2D eigenvalue weighted by atomic mass is 15.3. The molecule has 4 heteroatoms. The molecular formula is C10H8N4. The molecule has 1 aromatic heterocycles. The molecule has 0 saturated heterocycles. The normalized spacial score (nSPS) is 9.64. The van der Waals surface area contributed by atoms with Gasteiger partial charge in [-0.2, -0.15) is 9.94 Å². The summed E-state index contributed by atoms with van der Waals surface area (Å²) in [6.45, 7) is 0. The average molecular weight is 184 g/mol. The Labute approximate surface area is 81.2 Å². The van der Waals surface area contributed by atoms with Crippen LogP contribution in [0.15, 0.2) is 36.4 Å². The summed E-state index contributed by atoms with van der Waals surface area (Å²) in [5, 5.41) is 12.6. The van der Waals surface area contributed by atoms with E-state index in [1.807, 2.05) is 36.5 Å². The van der Waals surface area contributed by atoms with E-state index in [0.717, 1.165) is 5.56 Å². The number of rotatable bonds is 1. The molecule has 0 amide bonds. The van der Waals surface area contributed by atoms with Gasteiger partial charge in [0.2, 0.25) is 6.19 Å². The Balaban J connectivity index is 2.58. The average Bonchev–Trinajstić information content (AvgIpc) is 2.61. The van der Waals surface area contributed by atoms with E-state index in [-0.39, 0.29) is 0 Å². The zero-order chi connectivity index (χ0) is 9.97. The third kappa shape index (κ3) is 1.31. The van der Waals surface area contributed by atoms with Crippen LogP contribution >= 0.6 is 0 Å². The van der Waals surface area contributed by atoms with Crippen molar-refractivity contribution >= 4 is 5.82 Å². The Morgan fingerprint density at radius 2 is 2.00 bits per heavy atom. The molecule has 0 aliphatic carbocycles. The maximum absolute atomic E-state index is 8.79. The van der Waals surface area contributed by atoms with E-state index in [2.05, 4.69) is 5.10 Å². The Morgan fingerprint density at radius 3 is 2.64 bits per heavy atom. The van der Waals surface area contributed by atoms with E-state index in [1.165, 1.54) is 4.68 Å². The van der Waals surface area contributed by atoms with Crippen molar-refractivity contribution in [1.82, 2.24) is 9.78 Å². The summed E-state index contributed by atoms with van der Waals surface area (Å²) < 4.78 is 1.21. The van der Waals surface area contributed by atoms with Crippen LogP contribution in [0, 0.1) is 11.5 Å². The number of nitriles is 1. The van der Waals surface area contributed by atoms with E-state index in [9.17, 15) is 0 Å². The van der Waals surface area contributed by atoms with Gasteiger partial charge in [0.15, 0.2) is 0 Å². The molecule has 0 aliphatic rings.